The second kappa shape index (κ2) is 5.21. The zero-order chi connectivity index (χ0) is 11.5. The third-order valence-electron chi connectivity index (χ3n) is 1.78. The normalized spacial score (nSPS) is 10.2. The van der Waals surface area contributed by atoms with Gasteiger partial charge in [0.1, 0.15) is 10.8 Å². The molecule has 0 fully saturated rings. The van der Waals surface area contributed by atoms with Gasteiger partial charge in [-0.25, -0.2) is 4.98 Å². The number of nitrogens with zero attached hydrogens (tertiary/aromatic N) is 1. The topological polar surface area (TPSA) is 22.1 Å². The van der Waals surface area contributed by atoms with Gasteiger partial charge in [0, 0.05) is 9.77 Å². The van der Waals surface area contributed by atoms with Crippen molar-refractivity contribution in [2.75, 3.05) is 0 Å². The highest BCUT2D eigenvalue weighted by Crippen LogP contribution is 2.29. The summed E-state index contributed by atoms with van der Waals surface area (Å²) in [4.78, 5) is 4.01. The summed E-state index contributed by atoms with van der Waals surface area (Å²) in [7, 11) is 0. The molecule has 16 heavy (non-hydrogen) atoms. The van der Waals surface area contributed by atoms with Gasteiger partial charge in [-0.3, -0.25) is 0 Å². The van der Waals surface area contributed by atoms with Crippen LogP contribution < -0.4 is 4.74 Å². The van der Waals surface area contributed by atoms with Crippen molar-refractivity contribution in [3.63, 3.8) is 0 Å². The van der Waals surface area contributed by atoms with Gasteiger partial charge in [0.25, 0.3) is 0 Å². The fourth-order valence-corrected chi connectivity index (χ4v) is 2.05. The van der Waals surface area contributed by atoms with E-state index in [1.807, 2.05) is 24.3 Å². The lowest BCUT2D eigenvalue weighted by Gasteiger charge is -2.06. The van der Waals surface area contributed by atoms with Crippen LogP contribution >= 0.6 is 45.8 Å². The van der Waals surface area contributed by atoms with Crippen LogP contribution in [0.4, 0.5) is 0 Å². The number of rotatable bonds is 2. The van der Waals surface area contributed by atoms with Gasteiger partial charge in [0.15, 0.2) is 0 Å². The maximum absolute atomic E-state index is 5.95. The molecule has 0 atom stereocenters. The molecule has 0 radical (unpaired) electrons. The first-order valence-corrected chi connectivity index (χ1v) is 6.23. The molecule has 1 heterocycles. The average molecular weight is 366 g/mol. The lowest BCUT2D eigenvalue weighted by atomic mass is 10.3. The van der Waals surface area contributed by atoms with Gasteiger partial charge >= 0.3 is 0 Å². The molecule has 5 heteroatoms. The maximum atomic E-state index is 5.95. The van der Waals surface area contributed by atoms with Gasteiger partial charge in [-0.1, -0.05) is 29.3 Å². The van der Waals surface area contributed by atoms with Crippen molar-refractivity contribution in [3.8, 4) is 11.6 Å². The minimum atomic E-state index is 0.355. The largest absolute Gasteiger partial charge is 0.438 e. The third kappa shape index (κ3) is 2.99. The van der Waals surface area contributed by atoms with Crippen molar-refractivity contribution < 1.29 is 4.74 Å². The van der Waals surface area contributed by atoms with Gasteiger partial charge in [-0.2, -0.15) is 0 Å². The van der Waals surface area contributed by atoms with Crippen LogP contribution in [-0.4, -0.2) is 4.98 Å². The van der Waals surface area contributed by atoms with E-state index in [-0.39, 0.29) is 0 Å². The first kappa shape index (κ1) is 12.0. The molecule has 0 bridgehead atoms. The minimum Gasteiger partial charge on any atom is -0.438 e. The number of halogens is 3. The number of hydrogen-bond acceptors (Lipinski definition) is 2. The van der Waals surface area contributed by atoms with E-state index < -0.39 is 0 Å². The van der Waals surface area contributed by atoms with E-state index in [1.54, 1.807) is 6.07 Å². The van der Waals surface area contributed by atoms with Gasteiger partial charge in [0.05, 0.1) is 5.02 Å². The molecule has 0 saturated heterocycles. The van der Waals surface area contributed by atoms with E-state index in [4.69, 9.17) is 27.9 Å². The Kier molecular flexibility index (Phi) is 3.89. The Bertz CT molecular complexity index is 519. The van der Waals surface area contributed by atoms with E-state index >= 15 is 0 Å². The Morgan fingerprint density at radius 2 is 2.00 bits per heavy atom. The van der Waals surface area contributed by atoms with Crippen LogP contribution in [-0.2, 0) is 0 Å². The van der Waals surface area contributed by atoms with Crippen LogP contribution in [0.3, 0.4) is 0 Å². The maximum Gasteiger partial charge on any atom is 0.238 e. The molecule has 2 aromatic rings. The summed E-state index contributed by atoms with van der Waals surface area (Å²) >= 11 is 13.9. The minimum absolute atomic E-state index is 0.355. The molecule has 0 saturated carbocycles. The number of benzene rings is 1. The zero-order valence-electron chi connectivity index (χ0n) is 7.95. The lowest BCUT2D eigenvalue weighted by molar-refractivity contribution is 0.463. The van der Waals surface area contributed by atoms with Crippen molar-refractivity contribution in [3.05, 3.63) is 50.1 Å². The van der Waals surface area contributed by atoms with Gasteiger partial charge in [-0.15, -0.1) is 0 Å². The van der Waals surface area contributed by atoms with Crippen LogP contribution in [0.5, 0.6) is 11.6 Å². The van der Waals surface area contributed by atoms with Crippen LogP contribution in [0, 0.1) is 3.57 Å². The quantitative estimate of drug-likeness (QED) is 0.714. The molecule has 0 aliphatic heterocycles. The summed E-state index contributed by atoms with van der Waals surface area (Å²) in [6.07, 6.45) is 1.50. The molecule has 82 valence electrons. The monoisotopic (exact) mass is 365 g/mol. The Hall–Kier alpha value is -0.520. The molecule has 0 spiro atoms. The van der Waals surface area contributed by atoms with Crippen molar-refractivity contribution in [1.29, 1.82) is 0 Å². The molecular weight excluding hydrogens is 360 g/mol. The van der Waals surface area contributed by atoms with E-state index in [2.05, 4.69) is 27.6 Å². The molecule has 1 aromatic heterocycles. The van der Waals surface area contributed by atoms with Gasteiger partial charge < -0.3 is 4.74 Å². The first-order chi connectivity index (χ1) is 7.65. The Labute approximate surface area is 117 Å². The summed E-state index contributed by atoms with van der Waals surface area (Å²) in [6, 6.07) is 9.21. The molecular formula is C11H6Cl2INO. The Balaban J connectivity index is 2.27. The summed E-state index contributed by atoms with van der Waals surface area (Å²) in [5, 5.41) is 0.881. The van der Waals surface area contributed by atoms with Crippen LogP contribution in [0.25, 0.3) is 0 Å². The summed E-state index contributed by atoms with van der Waals surface area (Å²) in [5.41, 5.74) is 0. The van der Waals surface area contributed by atoms with E-state index in [1.165, 1.54) is 6.20 Å². The third-order valence-corrected chi connectivity index (χ3v) is 2.93. The molecule has 0 unspecified atom stereocenters. The van der Waals surface area contributed by atoms with Gasteiger partial charge in [0.2, 0.25) is 5.88 Å². The molecule has 0 N–H and O–H groups in total. The fraction of sp³-hybridized carbons (Fsp3) is 0. The fourth-order valence-electron chi connectivity index (χ4n) is 1.12. The number of aromatic nitrogens is 1. The van der Waals surface area contributed by atoms with Crippen molar-refractivity contribution in [2.45, 2.75) is 0 Å². The zero-order valence-corrected chi connectivity index (χ0v) is 11.6. The van der Waals surface area contributed by atoms with Crippen molar-refractivity contribution in [1.82, 2.24) is 4.98 Å². The summed E-state index contributed by atoms with van der Waals surface area (Å²) in [5.74, 6) is 1.05. The predicted octanol–water partition coefficient (Wildman–Crippen LogP) is 4.79. The van der Waals surface area contributed by atoms with Gasteiger partial charge in [-0.05, 0) is 46.9 Å². The number of ether oxygens (including phenoxy) is 1. The summed E-state index contributed by atoms with van der Waals surface area (Å²) in [6.45, 7) is 0. The van der Waals surface area contributed by atoms with Crippen LogP contribution in [0.2, 0.25) is 10.0 Å². The first-order valence-electron chi connectivity index (χ1n) is 4.39. The number of hydrogen-bond donors (Lipinski definition) is 0. The highest BCUT2D eigenvalue weighted by atomic mass is 127. The highest BCUT2D eigenvalue weighted by Gasteiger charge is 2.05. The Morgan fingerprint density at radius 3 is 2.69 bits per heavy atom. The molecule has 0 amide bonds. The van der Waals surface area contributed by atoms with E-state index in [0.717, 1.165) is 3.57 Å². The second-order valence-corrected chi connectivity index (χ2v) is 5.09. The molecule has 1 aromatic carbocycles. The predicted molar refractivity (Wildman–Crippen MR) is 73.5 cm³/mol. The number of pyridine rings is 1. The SMILES string of the molecule is Clc1cnc(Oc2cccc(I)c2)c(Cl)c1. The summed E-state index contributed by atoms with van der Waals surface area (Å²) < 4.78 is 6.62. The van der Waals surface area contributed by atoms with Crippen molar-refractivity contribution >= 4 is 45.8 Å². The molecule has 0 aliphatic rings. The molecule has 2 rings (SSSR count). The lowest BCUT2D eigenvalue weighted by Crippen LogP contribution is -1.89. The van der Waals surface area contributed by atoms with Crippen molar-refractivity contribution in [2.24, 2.45) is 0 Å². The van der Waals surface area contributed by atoms with E-state index in [9.17, 15) is 0 Å². The standard InChI is InChI=1S/C11H6Cl2INO/c12-7-4-10(13)11(15-6-7)16-9-3-1-2-8(14)5-9/h1-6H. The second-order valence-electron chi connectivity index (χ2n) is 3.00. The highest BCUT2D eigenvalue weighted by molar-refractivity contribution is 14.1. The average Bonchev–Trinajstić information content (AvgIpc) is 2.22. The molecule has 0 aliphatic carbocycles. The van der Waals surface area contributed by atoms with Crippen LogP contribution in [0.1, 0.15) is 0 Å². The Morgan fingerprint density at radius 1 is 1.19 bits per heavy atom. The smallest absolute Gasteiger partial charge is 0.238 e. The van der Waals surface area contributed by atoms with E-state index in [0.29, 0.717) is 21.7 Å². The van der Waals surface area contributed by atoms with Crippen LogP contribution in [0.15, 0.2) is 36.5 Å². The molecule has 2 nitrogen and oxygen atoms in total.